The Labute approximate surface area is 131 Å². The first kappa shape index (κ1) is 21.4. The Morgan fingerprint density at radius 2 is 1.59 bits per heavy atom. The molecule has 1 aliphatic rings. The van der Waals surface area contributed by atoms with Crippen molar-refractivity contribution in [3.8, 4) is 0 Å². The first-order valence-electron chi connectivity index (χ1n) is 5.75. The summed E-state index contributed by atoms with van der Waals surface area (Å²) in [6, 6.07) is 6.71. The fourth-order valence-corrected chi connectivity index (χ4v) is 1.86. The van der Waals surface area contributed by atoms with Crippen molar-refractivity contribution in [1.29, 1.82) is 0 Å². The quantitative estimate of drug-likeness (QED) is 0.484. The van der Waals surface area contributed by atoms with E-state index in [0.29, 0.717) is 6.04 Å². The van der Waals surface area contributed by atoms with Crippen molar-refractivity contribution >= 4 is 0 Å². The first-order chi connectivity index (χ1) is 9.88. The first-order valence-corrected chi connectivity index (χ1v) is 8.28. The molecular weight excluding hydrogens is 347 g/mol. The molecule has 1 aliphatic heterocycles. The fourth-order valence-electron chi connectivity index (χ4n) is 1.86. The van der Waals surface area contributed by atoms with Crippen LogP contribution in [0.2, 0.25) is 0 Å². The lowest BCUT2D eigenvalue weighted by molar-refractivity contribution is -1.92. The van der Waals surface area contributed by atoms with Gasteiger partial charge in [0.25, 0.3) is 0 Å². The summed E-state index contributed by atoms with van der Waals surface area (Å²) >= 11 is 0. The van der Waals surface area contributed by atoms with E-state index in [1.165, 1.54) is 25.1 Å². The van der Waals surface area contributed by atoms with E-state index in [1.54, 1.807) is 0 Å². The summed E-state index contributed by atoms with van der Waals surface area (Å²) in [5.74, 6) is 0. The predicted octanol–water partition coefficient (Wildman–Crippen LogP) is -6.40. The smallest absolute Gasteiger partial charge is 0.0777 e. The molecule has 2 N–H and O–H groups in total. The molecule has 0 bridgehead atoms. The molecule has 0 aliphatic carbocycles. The molecule has 1 aromatic heterocycles. The molecule has 0 saturated carbocycles. The topological polar surface area (TPSA) is 195 Å². The Balaban J connectivity index is 0.000000372. The van der Waals surface area contributed by atoms with Crippen LogP contribution in [0.5, 0.6) is 0 Å². The molecule has 0 aromatic carbocycles. The van der Waals surface area contributed by atoms with Crippen LogP contribution in [0.3, 0.4) is 0 Å². The summed E-state index contributed by atoms with van der Waals surface area (Å²) in [6.07, 6.45) is 4.44. The van der Waals surface area contributed by atoms with Gasteiger partial charge in [-0.15, -0.1) is 0 Å². The van der Waals surface area contributed by atoms with Gasteiger partial charge in [-0.3, -0.25) is 9.88 Å². The number of hydrogen-bond donors (Lipinski definition) is 2. The average molecular weight is 363 g/mol. The lowest BCUT2D eigenvalue weighted by atomic mass is 10.1. The Morgan fingerprint density at radius 3 is 1.91 bits per heavy atom. The summed E-state index contributed by atoms with van der Waals surface area (Å²) in [5, 5.41) is 0. The Bertz CT molecular complexity index is 388. The fraction of sp³-hybridized carbons (Fsp3) is 0.500. The second-order valence-corrected chi connectivity index (χ2v) is 5.77. The number of likely N-dealkylation sites (tertiary alicyclic amines) is 1. The Kier molecular flexibility index (Phi) is 9.22. The van der Waals surface area contributed by atoms with Crippen molar-refractivity contribution < 1.29 is 57.8 Å². The highest BCUT2D eigenvalue weighted by Gasteiger charge is 2.22. The van der Waals surface area contributed by atoms with E-state index in [2.05, 4.69) is 29.1 Å². The third kappa shape index (κ3) is 14.3. The van der Waals surface area contributed by atoms with Gasteiger partial charge < -0.3 is 0 Å². The molecule has 1 aromatic rings. The average Bonchev–Trinajstić information content (AvgIpc) is 2.72. The zero-order chi connectivity index (χ0) is 17.4. The molecule has 1 saturated heterocycles. The number of halogens is 2. The lowest BCUT2D eigenvalue weighted by Gasteiger charge is -2.18. The van der Waals surface area contributed by atoms with Gasteiger partial charge in [0.05, 0.1) is 41.5 Å². The second kappa shape index (κ2) is 9.50. The third-order valence-corrected chi connectivity index (χ3v) is 2.55. The molecule has 1 fully saturated rings. The van der Waals surface area contributed by atoms with Gasteiger partial charge in [0.1, 0.15) is 0 Å². The minimum absolute atomic E-state index is 0.561. The standard InChI is InChI=1S/C10H14N2.2ClHO4/c1-12-8-4-6-10(12)9-5-2-3-7-11-9;2*2-1(3,4)5/h2-3,5,7,10H,4,6,8H2,1H3;2*(H,2,3,4,5). The zero-order valence-corrected chi connectivity index (χ0v) is 13.0. The summed E-state index contributed by atoms with van der Waals surface area (Å²) in [4.78, 5) is 6.75. The van der Waals surface area contributed by atoms with E-state index in [9.17, 15) is 0 Å². The minimum Gasteiger partial charge on any atom is -0.298 e. The second-order valence-electron chi connectivity index (χ2n) is 4.19. The van der Waals surface area contributed by atoms with Crippen LogP contribution in [0, 0.1) is 20.5 Å². The van der Waals surface area contributed by atoms with Crippen LogP contribution < -0.4 is 28.0 Å². The zero-order valence-electron chi connectivity index (χ0n) is 11.5. The highest BCUT2D eigenvalue weighted by Crippen LogP contribution is 2.28. The Hall–Kier alpha value is -0.630. The van der Waals surface area contributed by atoms with Gasteiger partial charge in [0, 0.05) is 6.20 Å². The molecule has 12 heteroatoms. The SMILES string of the molecule is CN1CCCC1c1ccccn1.[O-][Cl+3]([O-])([O-])O.[O-][Cl+3]([O-])([O-])O. The maximum Gasteiger partial charge on any atom is 0.0777 e. The van der Waals surface area contributed by atoms with Gasteiger partial charge >= 0.3 is 0 Å². The van der Waals surface area contributed by atoms with Gasteiger partial charge in [-0.2, -0.15) is 28.0 Å². The van der Waals surface area contributed by atoms with E-state index < -0.39 is 20.5 Å². The van der Waals surface area contributed by atoms with Crippen molar-refractivity contribution in [1.82, 2.24) is 9.88 Å². The summed E-state index contributed by atoms with van der Waals surface area (Å²) in [7, 11) is -7.22. The molecular formula is C10H16Cl2N2O8. The summed E-state index contributed by atoms with van der Waals surface area (Å²) < 4.78 is 65.4. The molecule has 128 valence electrons. The monoisotopic (exact) mass is 362 g/mol. The van der Waals surface area contributed by atoms with Crippen LogP contribution in [0.15, 0.2) is 24.4 Å². The van der Waals surface area contributed by atoms with Crippen LogP contribution >= 0.6 is 0 Å². The summed E-state index contributed by atoms with van der Waals surface area (Å²) in [6.45, 7) is 1.21. The maximum absolute atomic E-state index is 8.60. The Morgan fingerprint density at radius 1 is 1.09 bits per heavy atom. The summed E-state index contributed by atoms with van der Waals surface area (Å²) in [5.41, 5.74) is 1.22. The number of hydrogen-bond acceptors (Lipinski definition) is 10. The van der Waals surface area contributed by atoms with Gasteiger partial charge in [-0.05, 0) is 38.6 Å². The van der Waals surface area contributed by atoms with E-state index >= 15 is 0 Å². The largest absolute Gasteiger partial charge is 0.298 e. The highest BCUT2D eigenvalue weighted by molar-refractivity contribution is 5.09. The number of pyridine rings is 1. The van der Waals surface area contributed by atoms with Crippen LogP contribution in [0.4, 0.5) is 0 Å². The van der Waals surface area contributed by atoms with Gasteiger partial charge in [0.15, 0.2) is 0 Å². The number of nitrogens with zero attached hydrogens (tertiary/aromatic N) is 2. The van der Waals surface area contributed by atoms with Gasteiger partial charge in [-0.25, -0.2) is 0 Å². The van der Waals surface area contributed by atoms with Crippen LogP contribution in [0.1, 0.15) is 24.6 Å². The highest BCUT2D eigenvalue weighted by atomic mass is 35.7. The van der Waals surface area contributed by atoms with E-state index in [1.807, 2.05) is 12.3 Å². The van der Waals surface area contributed by atoms with E-state index in [-0.39, 0.29) is 0 Å². The molecule has 22 heavy (non-hydrogen) atoms. The lowest BCUT2D eigenvalue weighted by Crippen LogP contribution is -2.58. The van der Waals surface area contributed by atoms with Crippen molar-refractivity contribution in [2.24, 2.45) is 0 Å². The van der Waals surface area contributed by atoms with Crippen molar-refractivity contribution in [2.75, 3.05) is 13.6 Å². The molecule has 1 unspecified atom stereocenters. The van der Waals surface area contributed by atoms with Crippen molar-refractivity contribution in [3.63, 3.8) is 0 Å². The van der Waals surface area contributed by atoms with Crippen molar-refractivity contribution in [2.45, 2.75) is 18.9 Å². The molecule has 0 radical (unpaired) electrons. The number of aromatic nitrogens is 1. The number of rotatable bonds is 1. The van der Waals surface area contributed by atoms with E-state index in [4.69, 9.17) is 37.3 Å². The molecule has 1 atom stereocenters. The van der Waals surface area contributed by atoms with Crippen LogP contribution in [-0.4, -0.2) is 32.8 Å². The maximum atomic E-state index is 8.60. The third-order valence-electron chi connectivity index (χ3n) is 2.55. The molecule has 0 amide bonds. The van der Waals surface area contributed by atoms with Gasteiger partial charge in [-0.1, -0.05) is 6.07 Å². The molecule has 10 nitrogen and oxygen atoms in total. The van der Waals surface area contributed by atoms with Crippen molar-refractivity contribution in [3.05, 3.63) is 30.1 Å². The molecule has 2 heterocycles. The molecule has 2 rings (SSSR count). The minimum atomic E-state index is -4.69. The normalized spacial score (nSPS) is 18.9. The van der Waals surface area contributed by atoms with Gasteiger partial charge in [0.2, 0.25) is 0 Å². The van der Waals surface area contributed by atoms with Crippen LogP contribution in [-0.2, 0) is 0 Å². The molecule has 0 spiro atoms. The van der Waals surface area contributed by atoms with E-state index in [0.717, 1.165) is 0 Å². The van der Waals surface area contributed by atoms with Crippen LogP contribution in [0.25, 0.3) is 0 Å². The predicted molar refractivity (Wildman–Crippen MR) is 53.3 cm³/mol.